The molecular weight excluding hydrogens is 483 g/mol. The third-order valence-corrected chi connectivity index (χ3v) is 6.43. The zero-order valence-corrected chi connectivity index (χ0v) is 17.8. The van der Waals surface area contributed by atoms with Crippen LogP contribution in [0.4, 0.5) is 0 Å². The molecule has 2 aromatic rings. The second-order valence-electron chi connectivity index (χ2n) is 5.82. The minimum absolute atomic E-state index is 0.0186. The van der Waals surface area contributed by atoms with E-state index in [0.717, 1.165) is 0 Å². The Morgan fingerprint density at radius 2 is 1.28 bits per heavy atom. The Morgan fingerprint density at radius 3 is 1.80 bits per heavy atom. The predicted molar refractivity (Wildman–Crippen MR) is 109 cm³/mol. The number of rotatable bonds is 10. The molecule has 0 radical (unpaired) electrons. The van der Waals surface area contributed by atoms with Gasteiger partial charge in [-0.05, 0) is 12.8 Å². The van der Waals surface area contributed by atoms with Crippen LogP contribution in [0.15, 0.2) is 85.5 Å². The molecule has 25 heavy (non-hydrogen) atoms. The average Bonchev–Trinajstić information content (AvgIpc) is 2.66. The summed E-state index contributed by atoms with van der Waals surface area (Å²) in [5.74, 6) is 0. The van der Waals surface area contributed by atoms with Crippen LogP contribution in [0, 0.1) is 0 Å². The van der Waals surface area contributed by atoms with Crippen molar-refractivity contribution in [2.45, 2.75) is 51.9 Å². The molecule has 0 N–H and O–H groups in total. The maximum absolute atomic E-state index is 3.63. The summed E-state index contributed by atoms with van der Waals surface area (Å²) in [4.78, 5) is 0. The van der Waals surface area contributed by atoms with Gasteiger partial charge in [-0.1, -0.05) is 63.8 Å². The molecule has 0 atom stereocenters. The van der Waals surface area contributed by atoms with E-state index >= 15 is 0 Å². The first kappa shape index (κ1) is 21.7. The van der Waals surface area contributed by atoms with E-state index in [1.807, 2.05) is 12.2 Å². The first-order chi connectivity index (χ1) is 12.4. The first-order valence-electron chi connectivity index (χ1n) is 9.33. The molecule has 0 aromatic heterocycles. The second-order valence-corrected chi connectivity index (χ2v) is 9.01. The van der Waals surface area contributed by atoms with Crippen LogP contribution in [0.5, 0.6) is 0 Å². The zero-order chi connectivity index (χ0) is 18.0. The fraction of sp³-hybridized carbons (Fsp3) is 0.333. The molecule has 0 fully saturated rings. The van der Waals surface area contributed by atoms with Gasteiger partial charge in [-0.3, -0.25) is 0 Å². The molecule has 0 bridgehead atoms. The zero-order valence-electron chi connectivity index (χ0n) is 15.5. The fourth-order valence-electron chi connectivity index (χ4n) is 2.25. The molecule has 0 saturated carbocycles. The van der Waals surface area contributed by atoms with E-state index in [1.54, 1.807) is 0 Å². The summed E-state index contributed by atoms with van der Waals surface area (Å²) < 4.78 is 2.96. The van der Waals surface area contributed by atoms with Crippen LogP contribution >= 0.6 is 0 Å². The van der Waals surface area contributed by atoms with Crippen LogP contribution in [0.1, 0.15) is 51.9 Å². The monoisotopic (exact) mass is 515 g/mol. The van der Waals surface area contributed by atoms with Crippen LogP contribution in [-0.2, 0) is 18.6 Å². The van der Waals surface area contributed by atoms with Gasteiger partial charge in [0, 0.05) is 0 Å². The van der Waals surface area contributed by atoms with Crippen molar-refractivity contribution in [3.63, 3.8) is 0 Å². The molecule has 0 aliphatic heterocycles. The minimum atomic E-state index is 0.0186. The van der Waals surface area contributed by atoms with Crippen molar-refractivity contribution in [2.75, 3.05) is 0 Å². The van der Waals surface area contributed by atoms with Gasteiger partial charge < -0.3 is 0 Å². The summed E-state index contributed by atoms with van der Waals surface area (Å²) in [6.07, 6.45) is 15.6. The standard InChI is InChI=1S/C12H22.2C6H5.Pt/c1-3-5-7-9-11-12-10-8-6-4-2;2*1-2-4-6-5-3-1;/h3,5,7H,1,4,6,8-12H2,2H3;2*1-5H;. The summed E-state index contributed by atoms with van der Waals surface area (Å²) in [7, 11) is 0. The molecule has 1 heteroatoms. The van der Waals surface area contributed by atoms with E-state index in [0.29, 0.717) is 0 Å². The SMILES string of the molecule is C=CC=CCCCCCCCC.c1cc[c]([Pt][c]2ccccc2)cc1. The van der Waals surface area contributed by atoms with Crippen LogP contribution in [0.25, 0.3) is 0 Å². The van der Waals surface area contributed by atoms with Crippen molar-refractivity contribution in [1.29, 1.82) is 0 Å². The first-order valence-corrected chi connectivity index (χ1v) is 11.6. The summed E-state index contributed by atoms with van der Waals surface area (Å²) in [6, 6.07) is 21.4. The molecular formula is C24H32Pt. The Balaban J connectivity index is 0.000000252. The summed E-state index contributed by atoms with van der Waals surface area (Å²) in [6.45, 7) is 5.89. The number of benzene rings is 2. The van der Waals surface area contributed by atoms with Crippen molar-refractivity contribution in [1.82, 2.24) is 0 Å². The van der Waals surface area contributed by atoms with Gasteiger partial charge in [0.25, 0.3) is 0 Å². The number of hydrogen-bond acceptors (Lipinski definition) is 0. The molecule has 0 nitrogen and oxygen atoms in total. The van der Waals surface area contributed by atoms with Crippen LogP contribution in [-0.4, -0.2) is 0 Å². The molecule has 138 valence electrons. The topological polar surface area (TPSA) is 0 Å². The van der Waals surface area contributed by atoms with E-state index < -0.39 is 0 Å². The fourth-order valence-corrected chi connectivity index (χ4v) is 4.64. The Kier molecular flexibility index (Phi) is 13.9. The Morgan fingerprint density at radius 1 is 0.760 bits per heavy atom. The molecule has 0 amide bonds. The molecule has 0 aliphatic carbocycles. The predicted octanol–water partition coefficient (Wildman–Crippen LogP) is 6.20. The van der Waals surface area contributed by atoms with Gasteiger partial charge in [0.05, 0.1) is 0 Å². The normalized spacial score (nSPS) is 10.4. The van der Waals surface area contributed by atoms with Crippen molar-refractivity contribution in [2.24, 2.45) is 0 Å². The summed E-state index contributed by atoms with van der Waals surface area (Å²) in [5, 5.41) is 0. The van der Waals surface area contributed by atoms with Gasteiger partial charge in [0.2, 0.25) is 0 Å². The Hall–Kier alpha value is -1.39. The van der Waals surface area contributed by atoms with Crippen LogP contribution < -0.4 is 7.91 Å². The average molecular weight is 516 g/mol. The van der Waals surface area contributed by atoms with Crippen LogP contribution in [0.3, 0.4) is 0 Å². The van der Waals surface area contributed by atoms with Crippen molar-refractivity contribution in [3.8, 4) is 0 Å². The molecule has 0 aliphatic rings. The third-order valence-electron chi connectivity index (χ3n) is 3.60. The van der Waals surface area contributed by atoms with Crippen molar-refractivity contribution < 1.29 is 18.6 Å². The summed E-state index contributed by atoms with van der Waals surface area (Å²) >= 11 is 0.0186. The molecule has 2 aromatic carbocycles. The van der Waals surface area contributed by atoms with Gasteiger partial charge >= 0.3 is 87.1 Å². The van der Waals surface area contributed by atoms with E-state index in [1.165, 1.54) is 52.9 Å². The summed E-state index contributed by atoms with van der Waals surface area (Å²) in [5.41, 5.74) is 0. The Bertz CT molecular complexity index is 520. The van der Waals surface area contributed by atoms with Gasteiger partial charge in [0.15, 0.2) is 0 Å². The quantitative estimate of drug-likeness (QED) is 0.261. The van der Waals surface area contributed by atoms with Gasteiger partial charge in [0.1, 0.15) is 0 Å². The van der Waals surface area contributed by atoms with E-state index in [9.17, 15) is 0 Å². The van der Waals surface area contributed by atoms with Gasteiger partial charge in [-0.15, -0.1) is 0 Å². The van der Waals surface area contributed by atoms with E-state index in [2.05, 4.69) is 80.2 Å². The number of hydrogen-bond donors (Lipinski definition) is 0. The molecule has 0 saturated heterocycles. The molecule has 0 spiro atoms. The van der Waals surface area contributed by atoms with E-state index in [4.69, 9.17) is 0 Å². The third kappa shape index (κ3) is 12.6. The van der Waals surface area contributed by atoms with Crippen molar-refractivity contribution in [3.05, 3.63) is 85.5 Å². The van der Waals surface area contributed by atoms with Gasteiger partial charge in [-0.2, -0.15) is 0 Å². The van der Waals surface area contributed by atoms with Gasteiger partial charge in [-0.25, -0.2) is 0 Å². The number of allylic oxidation sites excluding steroid dienone is 3. The molecule has 2 rings (SSSR count). The molecule has 0 heterocycles. The Labute approximate surface area is 163 Å². The van der Waals surface area contributed by atoms with E-state index in [-0.39, 0.29) is 18.6 Å². The number of unbranched alkanes of at least 4 members (excludes halogenated alkanes) is 6. The molecule has 0 unspecified atom stereocenters. The van der Waals surface area contributed by atoms with Crippen molar-refractivity contribution >= 4 is 7.91 Å². The maximum atomic E-state index is 3.63. The van der Waals surface area contributed by atoms with Crippen LogP contribution in [0.2, 0.25) is 0 Å². The second kappa shape index (κ2) is 16.1.